The number of carbonyl (C=O) groups excluding carboxylic acids is 1. The molecule has 0 saturated carbocycles. The number of hydrogen-bond donors (Lipinski definition) is 1. The quantitative estimate of drug-likeness (QED) is 0.897. The van der Waals surface area contributed by atoms with Crippen molar-refractivity contribution in [1.29, 1.82) is 0 Å². The second-order valence-electron chi connectivity index (χ2n) is 6.01. The van der Waals surface area contributed by atoms with Gasteiger partial charge in [0.2, 0.25) is 5.91 Å². The van der Waals surface area contributed by atoms with E-state index in [1.807, 2.05) is 35.2 Å². The second-order valence-corrected chi connectivity index (χ2v) is 6.01. The third-order valence-electron chi connectivity index (χ3n) is 4.87. The maximum Gasteiger partial charge on any atom is 0.239 e. The summed E-state index contributed by atoms with van der Waals surface area (Å²) in [5.41, 5.74) is 7.56. The lowest BCUT2D eigenvalue weighted by Gasteiger charge is -2.27. The van der Waals surface area contributed by atoms with E-state index in [0.29, 0.717) is 11.8 Å². The molecule has 0 bridgehead atoms. The van der Waals surface area contributed by atoms with Crippen molar-refractivity contribution in [2.24, 2.45) is 11.1 Å². The molecule has 2 rings (SSSR count). The Bertz CT molecular complexity index is 440. The van der Waals surface area contributed by atoms with Crippen molar-refractivity contribution in [3.63, 3.8) is 0 Å². The minimum absolute atomic E-state index is 0.109. The lowest BCUT2D eigenvalue weighted by atomic mass is 9.82. The van der Waals surface area contributed by atoms with Crippen LogP contribution in [-0.2, 0) is 11.2 Å². The van der Waals surface area contributed by atoms with Gasteiger partial charge in [-0.3, -0.25) is 4.79 Å². The SMILES string of the molecule is CCC1(CC)CCN(C(=O)[C@@H](N)Cc2ccccc2)C1. The largest absolute Gasteiger partial charge is 0.341 e. The summed E-state index contributed by atoms with van der Waals surface area (Å²) in [4.78, 5) is 14.4. The fourth-order valence-corrected chi connectivity index (χ4v) is 3.14. The molecule has 1 aromatic rings. The van der Waals surface area contributed by atoms with Gasteiger partial charge < -0.3 is 10.6 Å². The number of amides is 1. The van der Waals surface area contributed by atoms with E-state index in [0.717, 1.165) is 37.9 Å². The molecule has 1 fully saturated rings. The Morgan fingerprint density at radius 1 is 1.30 bits per heavy atom. The van der Waals surface area contributed by atoms with Crippen molar-refractivity contribution in [3.8, 4) is 0 Å². The van der Waals surface area contributed by atoms with Crippen LogP contribution in [0.3, 0.4) is 0 Å². The van der Waals surface area contributed by atoms with Gasteiger partial charge in [-0.25, -0.2) is 0 Å². The lowest BCUT2D eigenvalue weighted by Crippen LogP contribution is -2.44. The van der Waals surface area contributed by atoms with Crippen LogP contribution in [0.2, 0.25) is 0 Å². The topological polar surface area (TPSA) is 46.3 Å². The Labute approximate surface area is 122 Å². The minimum atomic E-state index is -0.415. The Hall–Kier alpha value is -1.35. The standard InChI is InChI=1S/C17H26N2O/c1-3-17(4-2)10-11-19(13-17)16(20)15(18)12-14-8-6-5-7-9-14/h5-9,15H,3-4,10-13,18H2,1-2H3/t15-/m0/s1. The Morgan fingerprint density at radius 2 is 1.95 bits per heavy atom. The predicted octanol–water partition coefficient (Wildman–Crippen LogP) is 2.60. The zero-order valence-corrected chi connectivity index (χ0v) is 12.6. The number of hydrogen-bond acceptors (Lipinski definition) is 2. The first-order chi connectivity index (χ1) is 9.60. The number of nitrogens with zero attached hydrogens (tertiary/aromatic N) is 1. The number of nitrogens with two attached hydrogens (primary N) is 1. The smallest absolute Gasteiger partial charge is 0.239 e. The van der Waals surface area contributed by atoms with E-state index in [1.54, 1.807) is 0 Å². The van der Waals surface area contributed by atoms with Crippen LogP contribution in [0.4, 0.5) is 0 Å². The van der Waals surface area contributed by atoms with Gasteiger partial charge >= 0.3 is 0 Å². The lowest BCUT2D eigenvalue weighted by molar-refractivity contribution is -0.131. The molecular weight excluding hydrogens is 248 g/mol. The molecule has 0 radical (unpaired) electrons. The highest BCUT2D eigenvalue weighted by molar-refractivity contribution is 5.82. The van der Waals surface area contributed by atoms with Crippen LogP contribution < -0.4 is 5.73 Å². The highest BCUT2D eigenvalue weighted by Gasteiger charge is 2.38. The number of likely N-dealkylation sites (tertiary alicyclic amines) is 1. The van der Waals surface area contributed by atoms with E-state index in [1.165, 1.54) is 0 Å². The van der Waals surface area contributed by atoms with Crippen LogP contribution in [0.5, 0.6) is 0 Å². The molecule has 1 aliphatic rings. The van der Waals surface area contributed by atoms with Crippen LogP contribution in [0, 0.1) is 5.41 Å². The van der Waals surface area contributed by atoms with E-state index in [9.17, 15) is 4.79 Å². The maximum absolute atomic E-state index is 12.5. The Balaban J connectivity index is 1.95. The van der Waals surface area contributed by atoms with Gasteiger partial charge in [0.25, 0.3) is 0 Å². The third kappa shape index (κ3) is 3.21. The van der Waals surface area contributed by atoms with Crippen LogP contribution in [0.15, 0.2) is 30.3 Å². The predicted molar refractivity (Wildman–Crippen MR) is 82.3 cm³/mol. The summed E-state index contributed by atoms with van der Waals surface area (Å²) in [6.45, 7) is 6.19. The Kier molecular flexibility index (Phi) is 4.81. The van der Waals surface area contributed by atoms with Crippen molar-refractivity contribution >= 4 is 5.91 Å². The molecule has 0 unspecified atom stereocenters. The van der Waals surface area contributed by atoms with Crippen molar-refractivity contribution in [3.05, 3.63) is 35.9 Å². The molecule has 1 heterocycles. The molecule has 110 valence electrons. The average Bonchev–Trinajstić information content (AvgIpc) is 2.92. The molecule has 1 aliphatic heterocycles. The van der Waals surface area contributed by atoms with Gasteiger partial charge in [-0.15, -0.1) is 0 Å². The minimum Gasteiger partial charge on any atom is -0.341 e. The third-order valence-corrected chi connectivity index (χ3v) is 4.87. The summed E-state index contributed by atoms with van der Waals surface area (Å²) >= 11 is 0. The summed E-state index contributed by atoms with van der Waals surface area (Å²) in [6.07, 6.45) is 4.02. The molecular formula is C17H26N2O. The fourth-order valence-electron chi connectivity index (χ4n) is 3.14. The number of rotatable bonds is 5. The molecule has 1 aromatic carbocycles. The van der Waals surface area contributed by atoms with Crippen LogP contribution in [-0.4, -0.2) is 29.9 Å². The van der Waals surface area contributed by atoms with E-state index in [-0.39, 0.29) is 5.91 Å². The van der Waals surface area contributed by atoms with Crippen LogP contribution >= 0.6 is 0 Å². The number of carbonyl (C=O) groups is 1. The second kappa shape index (κ2) is 6.40. The van der Waals surface area contributed by atoms with E-state index >= 15 is 0 Å². The van der Waals surface area contributed by atoms with Gasteiger partial charge in [-0.05, 0) is 36.7 Å². The van der Waals surface area contributed by atoms with Crippen molar-refractivity contribution < 1.29 is 4.79 Å². The van der Waals surface area contributed by atoms with Gasteiger partial charge in [-0.1, -0.05) is 44.2 Å². The van der Waals surface area contributed by atoms with Gasteiger partial charge in [0.15, 0.2) is 0 Å². The highest BCUT2D eigenvalue weighted by atomic mass is 16.2. The molecule has 1 atom stereocenters. The molecule has 1 saturated heterocycles. The van der Waals surface area contributed by atoms with Gasteiger partial charge in [0, 0.05) is 13.1 Å². The summed E-state index contributed by atoms with van der Waals surface area (Å²) in [5.74, 6) is 0.109. The van der Waals surface area contributed by atoms with Crippen LogP contribution in [0.1, 0.15) is 38.7 Å². The van der Waals surface area contributed by atoms with Crippen molar-refractivity contribution in [1.82, 2.24) is 4.90 Å². The first-order valence-electron chi connectivity index (χ1n) is 7.68. The fraction of sp³-hybridized carbons (Fsp3) is 0.588. The normalized spacial score (nSPS) is 19.1. The summed E-state index contributed by atoms with van der Waals surface area (Å²) < 4.78 is 0. The molecule has 20 heavy (non-hydrogen) atoms. The van der Waals surface area contributed by atoms with Crippen molar-refractivity contribution in [2.75, 3.05) is 13.1 Å². The van der Waals surface area contributed by atoms with Gasteiger partial charge in [0.05, 0.1) is 6.04 Å². The van der Waals surface area contributed by atoms with Crippen LogP contribution in [0.25, 0.3) is 0 Å². The van der Waals surface area contributed by atoms with E-state index in [2.05, 4.69) is 13.8 Å². The highest BCUT2D eigenvalue weighted by Crippen LogP contribution is 2.37. The van der Waals surface area contributed by atoms with Gasteiger partial charge in [0.1, 0.15) is 0 Å². The maximum atomic E-state index is 12.5. The van der Waals surface area contributed by atoms with E-state index in [4.69, 9.17) is 5.73 Å². The number of benzene rings is 1. The molecule has 3 nitrogen and oxygen atoms in total. The summed E-state index contributed by atoms with van der Waals surface area (Å²) in [7, 11) is 0. The molecule has 3 heteroatoms. The Morgan fingerprint density at radius 3 is 2.50 bits per heavy atom. The van der Waals surface area contributed by atoms with Crippen molar-refractivity contribution in [2.45, 2.75) is 45.6 Å². The molecule has 0 aliphatic carbocycles. The van der Waals surface area contributed by atoms with Gasteiger partial charge in [-0.2, -0.15) is 0 Å². The molecule has 0 spiro atoms. The molecule has 2 N–H and O–H groups in total. The summed E-state index contributed by atoms with van der Waals surface area (Å²) in [5, 5.41) is 0. The molecule has 0 aromatic heterocycles. The first-order valence-corrected chi connectivity index (χ1v) is 7.68. The zero-order chi connectivity index (χ0) is 14.6. The zero-order valence-electron chi connectivity index (χ0n) is 12.6. The first kappa shape index (κ1) is 15.0. The average molecular weight is 274 g/mol. The van der Waals surface area contributed by atoms with E-state index < -0.39 is 6.04 Å². The summed E-state index contributed by atoms with van der Waals surface area (Å²) in [6, 6.07) is 9.60. The monoisotopic (exact) mass is 274 g/mol. The molecule has 1 amide bonds.